The lowest BCUT2D eigenvalue weighted by molar-refractivity contribution is -0.145. The quantitative estimate of drug-likeness (QED) is 0.700. The summed E-state index contributed by atoms with van der Waals surface area (Å²) in [6.07, 6.45) is 1.18. The zero-order chi connectivity index (χ0) is 13.8. The van der Waals surface area contributed by atoms with Crippen LogP contribution in [0.25, 0.3) is 0 Å². The van der Waals surface area contributed by atoms with Crippen molar-refractivity contribution in [3.8, 4) is 0 Å². The van der Waals surface area contributed by atoms with Crippen LogP contribution in [0.5, 0.6) is 0 Å². The third-order valence-corrected chi connectivity index (χ3v) is 4.17. The first kappa shape index (κ1) is 14.8. The molecule has 0 aromatic carbocycles. The van der Waals surface area contributed by atoms with Gasteiger partial charge in [0.1, 0.15) is 0 Å². The first-order valence-corrected chi connectivity index (χ1v) is 7.26. The topological polar surface area (TPSA) is 42.0 Å². The second kappa shape index (κ2) is 6.68. The van der Waals surface area contributed by atoms with E-state index in [2.05, 4.69) is 23.6 Å². The highest BCUT2D eigenvalue weighted by molar-refractivity contribution is 5.72. The van der Waals surface area contributed by atoms with Gasteiger partial charge in [0.2, 0.25) is 0 Å². The van der Waals surface area contributed by atoms with Crippen LogP contribution in [-0.4, -0.2) is 74.4 Å². The molecule has 110 valence electrons. The second-order valence-electron chi connectivity index (χ2n) is 5.85. The number of carbonyl (C=O) groups excluding carboxylic acids is 1. The summed E-state index contributed by atoms with van der Waals surface area (Å²) < 4.78 is 10.7. The van der Waals surface area contributed by atoms with Crippen LogP contribution in [0.2, 0.25) is 0 Å². The Bertz CT molecular complexity index is 309. The molecule has 2 atom stereocenters. The van der Waals surface area contributed by atoms with E-state index in [9.17, 15) is 4.79 Å². The predicted molar refractivity (Wildman–Crippen MR) is 73.0 cm³/mol. The third-order valence-electron chi connectivity index (χ3n) is 4.17. The Morgan fingerprint density at radius 2 is 2.16 bits per heavy atom. The summed E-state index contributed by atoms with van der Waals surface area (Å²) in [4.78, 5) is 16.3. The summed E-state index contributed by atoms with van der Waals surface area (Å²) in [6, 6.07) is 0.577. The van der Waals surface area contributed by atoms with E-state index >= 15 is 0 Å². The number of rotatable bonds is 4. The van der Waals surface area contributed by atoms with Gasteiger partial charge < -0.3 is 9.47 Å². The van der Waals surface area contributed by atoms with Crippen molar-refractivity contribution in [2.24, 2.45) is 5.92 Å². The molecule has 0 amide bonds. The fourth-order valence-electron chi connectivity index (χ4n) is 2.97. The molecule has 0 aromatic heterocycles. The highest BCUT2D eigenvalue weighted by Gasteiger charge is 2.31. The molecule has 0 radical (unpaired) electrons. The maximum atomic E-state index is 11.5. The van der Waals surface area contributed by atoms with Gasteiger partial charge in [-0.3, -0.25) is 14.6 Å². The van der Waals surface area contributed by atoms with Gasteiger partial charge >= 0.3 is 5.97 Å². The van der Waals surface area contributed by atoms with Crippen LogP contribution in [-0.2, 0) is 14.3 Å². The Morgan fingerprint density at radius 3 is 2.84 bits per heavy atom. The molecule has 5 heteroatoms. The summed E-state index contributed by atoms with van der Waals surface area (Å²) in [6.45, 7) is 10.0. The van der Waals surface area contributed by atoms with Gasteiger partial charge in [0.25, 0.3) is 0 Å². The lowest BCUT2D eigenvalue weighted by Gasteiger charge is -2.37. The normalized spacial score (nSPS) is 29.9. The minimum Gasteiger partial charge on any atom is -0.469 e. The fourth-order valence-corrected chi connectivity index (χ4v) is 2.97. The highest BCUT2D eigenvalue weighted by Crippen LogP contribution is 2.19. The van der Waals surface area contributed by atoms with E-state index in [0.29, 0.717) is 6.04 Å². The van der Waals surface area contributed by atoms with Crippen molar-refractivity contribution in [1.29, 1.82) is 0 Å². The maximum Gasteiger partial charge on any atom is 0.310 e. The molecule has 0 saturated carbocycles. The molecule has 2 saturated heterocycles. The van der Waals surface area contributed by atoms with E-state index in [-0.39, 0.29) is 18.0 Å². The van der Waals surface area contributed by atoms with Gasteiger partial charge in [-0.15, -0.1) is 0 Å². The van der Waals surface area contributed by atoms with Crippen LogP contribution in [0, 0.1) is 5.92 Å². The van der Waals surface area contributed by atoms with Crippen molar-refractivity contribution in [2.75, 3.05) is 46.4 Å². The first-order valence-electron chi connectivity index (χ1n) is 7.26. The molecule has 5 nitrogen and oxygen atoms in total. The van der Waals surface area contributed by atoms with Crippen molar-refractivity contribution in [3.63, 3.8) is 0 Å². The Morgan fingerprint density at radius 1 is 1.37 bits per heavy atom. The monoisotopic (exact) mass is 270 g/mol. The van der Waals surface area contributed by atoms with Crippen LogP contribution in [0.3, 0.4) is 0 Å². The van der Waals surface area contributed by atoms with Gasteiger partial charge in [0.15, 0.2) is 0 Å². The average Bonchev–Trinajstić information content (AvgIpc) is 2.86. The number of ether oxygens (including phenoxy) is 2. The Kier molecular flexibility index (Phi) is 5.19. The van der Waals surface area contributed by atoms with Crippen LogP contribution in [0.4, 0.5) is 0 Å². The highest BCUT2D eigenvalue weighted by atomic mass is 16.5. The molecule has 2 heterocycles. The number of methoxy groups -OCH3 is 1. The zero-order valence-electron chi connectivity index (χ0n) is 12.3. The Hall–Kier alpha value is -0.650. The fraction of sp³-hybridized carbons (Fsp3) is 0.929. The van der Waals surface area contributed by atoms with Gasteiger partial charge in [0.05, 0.1) is 25.7 Å². The lowest BCUT2D eigenvalue weighted by Crippen LogP contribution is -2.49. The predicted octanol–water partition coefficient (Wildman–Crippen LogP) is 0.591. The van der Waals surface area contributed by atoms with Crippen molar-refractivity contribution in [1.82, 2.24) is 9.80 Å². The molecular formula is C14H26N2O3. The van der Waals surface area contributed by atoms with E-state index in [1.165, 1.54) is 7.11 Å². The van der Waals surface area contributed by atoms with Crippen LogP contribution < -0.4 is 0 Å². The first-order chi connectivity index (χ1) is 9.10. The number of morpholine rings is 1. The summed E-state index contributed by atoms with van der Waals surface area (Å²) in [7, 11) is 1.47. The zero-order valence-corrected chi connectivity index (χ0v) is 12.3. The molecule has 0 aromatic rings. The summed E-state index contributed by atoms with van der Waals surface area (Å²) in [5.74, 6) is -0.0225. The molecule has 0 aliphatic carbocycles. The number of hydrogen-bond acceptors (Lipinski definition) is 5. The molecule has 0 spiro atoms. The van der Waals surface area contributed by atoms with Gasteiger partial charge in [-0.1, -0.05) is 0 Å². The second-order valence-corrected chi connectivity index (χ2v) is 5.85. The maximum absolute atomic E-state index is 11.5. The molecule has 0 N–H and O–H groups in total. The lowest BCUT2D eigenvalue weighted by atomic mass is 10.1. The van der Waals surface area contributed by atoms with Crippen LogP contribution >= 0.6 is 0 Å². The summed E-state index contributed by atoms with van der Waals surface area (Å²) in [5.41, 5.74) is 0. The summed E-state index contributed by atoms with van der Waals surface area (Å²) >= 11 is 0. The molecule has 2 aliphatic rings. The average molecular weight is 270 g/mol. The van der Waals surface area contributed by atoms with Gasteiger partial charge in [-0.2, -0.15) is 0 Å². The van der Waals surface area contributed by atoms with E-state index in [0.717, 1.165) is 45.8 Å². The van der Waals surface area contributed by atoms with Gasteiger partial charge in [-0.05, 0) is 26.8 Å². The van der Waals surface area contributed by atoms with Crippen molar-refractivity contribution in [2.45, 2.75) is 32.4 Å². The number of likely N-dealkylation sites (tertiary alicyclic amines) is 1. The van der Waals surface area contributed by atoms with E-state index in [1.54, 1.807) is 0 Å². The summed E-state index contributed by atoms with van der Waals surface area (Å²) in [5, 5.41) is 0. The van der Waals surface area contributed by atoms with E-state index in [1.807, 2.05) is 0 Å². The number of nitrogens with zero attached hydrogens (tertiary/aromatic N) is 2. The minimum atomic E-state index is -0.0733. The third kappa shape index (κ3) is 3.91. The largest absolute Gasteiger partial charge is 0.469 e. The Labute approximate surface area is 115 Å². The molecule has 2 fully saturated rings. The van der Waals surface area contributed by atoms with Crippen molar-refractivity contribution >= 4 is 5.97 Å². The standard InChI is InChI=1S/C14H26N2O3/c1-11(2)16-6-7-19-13(10-16)9-15-5-4-12(8-15)14(17)18-3/h11-13H,4-10H2,1-3H3. The Balaban J connectivity index is 1.77. The number of esters is 1. The van der Waals surface area contributed by atoms with E-state index in [4.69, 9.17) is 9.47 Å². The number of carbonyl (C=O) groups is 1. The van der Waals surface area contributed by atoms with E-state index < -0.39 is 0 Å². The SMILES string of the molecule is COC(=O)C1CCN(CC2CN(C(C)C)CCO2)C1. The van der Waals surface area contributed by atoms with Crippen molar-refractivity contribution in [3.05, 3.63) is 0 Å². The molecule has 0 bridgehead atoms. The minimum absolute atomic E-state index is 0.0507. The van der Waals surface area contributed by atoms with Gasteiger partial charge in [-0.25, -0.2) is 0 Å². The smallest absolute Gasteiger partial charge is 0.310 e. The van der Waals surface area contributed by atoms with Crippen LogP contribution in [0.15, 0.2) is 0 Å². The number of hydrogen-bond donors (Lipinski definition) is 0. The molecule has 19 heavy (non-hydrogen) atoms. The molecule has 2 unspecified atom stereocenters. The molecular weight excluding hydrogens is 244 g/mol. The molecule has 2 rings (SSSR count). The van der Waals surface area contributed by atoms with Gasteiger partial charge in [0, 0.05) is 32.2 Å². The van der Waals surface area contributed by atoms with Crippen molar-refractivity contribution < 1.29 is 14.3 Å². The molecule has 2 aliphatic heterocycles. The van der Waals surface area contributed by atoms with Crippen LogP contribution in [0.1, 0.15) is 20.3 Å².